The van der Waals surface area contributed by atoms with Crippen LogP contribution < -0.4 is 0 Å². The Labute approximate surface area is 89.6 Å². The largest absolute Gasteiger partial charge is 0.244 e. The third kappa shape index (κ3) is 1.62. The van der Waals surface area contributed by atoms with Crippen LogP contribution in [0.3, 0.4) is 0 Å². The zero-order valence-corrected chi connectivity index (χ0v) is 8.83. The van der Waals surface area contributed by atoms with E-state index < -0.39 is 0 Å². The molecule has 0 radical (unpaired) electrons. The van der Waals surface area contributed by atoms with Crippen molar-refractivity contribution in [3.63, 3.8) is 0 Å². The van der Waals surface area contributed by atoms with E-state index in [0.29, 0.717) is 5.15 Å². The van der Waals surface area contributed by atoms with Crippen LogP contribution in [-0.2, 0) is 0 Å². The highest BCUT2D eigenvalue weighted by atomic mass is 35.7. The standard InChI is InChI=1S/C9H5Cl2NS/c10-9-7-2-1-3-8(13-11)6(7)4-5-12-9/h1-5H. The van der Waals surface area contributed by atoms with Gasteiger partial charge in [0.25, 0.3) is 0 Å². The zero-order chi connectivity index (χ0) is 9.26. The summed E-state index contributed by atoms with van der Waals surface area (Å²) in [5, 5.41) is 2.50. The summed E-state index contributed by atoms with van der Waals surface area (Å²) in [6.45, 7) is 0. The predicted octanol–water partition coefficient (Wildman–Crippen LogP) is 4.13. The van der Waals surface area contributed by atoms with Crippen molar-refractivity contribution < 1.29 is 0 Å². The maximum atomic E-state index is 5.92. The lowest BCUT2D eigenvalue weighted by Gasteiger charge is -2.02. The molecule has 4 heteroatoms. The monoisotopic (exact) mass is 229 g/mol. The Balaban J connectivity index is 2.84. The highest BCUT2D eigenvalue weighted by molar-refractivity contribution is 8.21. The number of aromatic nitrogens is 1. The molecule has 0 saturated carbocycles. The Morgan fingerprint density at radius 3 is 2.77 bits per heavy atom. The zero-order valence-electron chi connectivity index (χ0n) is 6.50. The molecular weight excluding hydrogens is 225 g/mol. The van der Waals surface area contributed by atoms with Crippen LogP contribution in [0, 0.1) is 0 Å². The average Bonchev–Trinajstić information content (AvgIpc) is 2.18. The molecule has 0 bridgehead atoms. The molecule has 13 heavy (non-hydrogen) atoms. The third-order valence-electron chi connectivity index (χ3n) is 1.80. The molecule has 0 aliphatic heterocycles. The molecule has 1 aromatic carbocycles. The van der Waals surface area contributed by atoms with Crippen molar-refractivity contribution in [1.82, 2.24) is 4.98 Å². The van der Waals surface area contributed by atoms with Crippen molar-refractivity contribution in [2.75, 3.05) is 0 Å². The lowest BCUT2D eigenvalue weighted by molar-refractivity contribution is 1.35. The summed E-state index contributed by atoms with van der Waals surface area (Å²) < 4.78 is 0. The fourth-order valence-corrected chi connectivity index (χ4v) is 2.23. The second-order valence-corrected chi connectivity index (χ2v) is 3.95. The number of hydrogen-bond acceptors (Lipinski definition) is 2. The molecular formula is C9H5Cl2NS. The molecule has 0 N–H and O–H groups in total. The molecule has 2 rings (SSSR count). The van der Waals surface area contributed by atoms with Gasteiger partial charge in [0.1, 0.15) is 5.15 Å². The lowest BCUT2D eigenvalue weighted by atomic mass is 10.2. The minimum Gasteiger partial charge on any atom is -0.244 e. The van der Waals surface area contributed by atoms with Crippen molar-refractivity contribution in [1.29, 1.82) is 0 Å². The molecule has 1 heterocycles. The number of fused-ring (bicyclic) bond motifs is 1. The lowest BCUT2D eigenvalue weighted by Crippen LogP contribution is -1.79. The fraction of sp³-hybridized carbons (Fsp3) is 0. The van der Waals surface area contributed by atoms with Crippen molar-refractivity contribution >= 4 is 44.0 Å². The Morgan fingerprint density at radius 2 is 2.00 bits per heavy atom. The highest BCUT2D eigenvalue weighted by Gasteiger charge is 2.03. The van der Waals surface area contributed by atoms with Gasteiger partial charge in [-0.1, -0.05) is 23.7 Å². The molecule has 1 nitrogen and oxygen atoms in total. The van der Waals surface area contributed by atoms with Gasteiger partial charge in [0.05, 0.1) is 0 Å². The molecule has 0 aliphatic rings. The number of nitrogens with zero attached hydrogens (tertiary/aromatic N) is 1. The summed E-state index contributed by atoms with van der Waals surface area (Å²) in [4.78, 5) is 5.00. The van der Waals surface area contributed by atoms with Crippen molar-refractivity contribution in [2.24, 2.45) is 0 Å². The van der Waals surface area contributed by atoms with E-state index in [9.17, 15) is 0 Å². The Kier molecular flexibility index (Phi) is 2.63. The van der Waals surface area contributed by atoms with Crippen molar-refractivity contribution in [3.8, 4) is 0 Å². The number of halogens is 2. The Morgan fingerprint density at radius 1 is 1.15 bits per heavy atom. The molecule has 2 aromatic rings. The second-order valence-electron chi connectivity index (χ2n) is 2.53. The molecule has 0 saturated heterocycles. The van der Waals surface area contributed by atoms with Crippen LogP contribution in [-0.4, -0.2) is 4.98 Å². The molecule has 0 unspecified atom stereocenters. The number of pyridine rings is 1. The first-order chi connectivity index (χ1) is 6.33. The van der Waals surface area contributed by atoms with Gasteiger partial charge in [0, 0.05) is 21.9 Å². The van der Waals surface area contributed by atoms with Crippen molar-refractivity contribution in [2.45, 2.75) is 4.90 Å². The van der Waals surface area contributed by atoms with Crippen molar-refractivity contribution in [3.05, 3.63) is 35.6 Å². The van der Waals surface area contributed by atoms with E-state index in [0.717, 1.165) is 15.7 Å². The van der Waals surface area contributed by atoms with E-state index >= 15 is 0 Å². The van der Waals surface area contributed by atoms with Gasteiger partial charge in [0.2, 0.25) is 0 Å². The first kappa shape index (κ1) is 9.13. The van der Waals surface area contributed by atoms with Gasteiger partial charge < -0.3 is 0 Å². The predicted molar refractivity (Wildman–Crippen MR) is 58.5 cm³/mol. The summed E-state index contributed by atoms with van der Waals surface area (Å²) >= 11 is 5.92. The molecule has 0 aliphatic carbocycles. The topological polar surface area (TPSA) is 12.9 Å². The molecule has 1 aromatic heterocycles. The fourth-order valence-electron chi connectivity index (χ4n) is 1.21. The first-order valence-corrected chi connectivity index (χ1v) is 5.67. The molecule has 0 spiro atoms. The van der Waals surface area contributed by atoms with Gasteiger partial charge in [-0.15, -0.1) is 0 Å². The Hall–Kier alpha value is -0.440. The summed E-state index contributed by atoms with van der Waals surface area (Å²) in [6, 6.07) is 7.71. The van der Waals surface area contributed by atoms with Crippen LogP contribution in [0.5, 0.6) is 0 Å². The van der Waals surface area contributed by atoms with E-state index in [1.165, 1.54) is 11.0 Å². The molecule has 0 atom stereocenters. The van der Waals surface area contributed by atoms with E-state index in [2.05, 4.69) is 4.98 Å². The molecule has 0 fully saturated rings. The maximum absolute atomic E-state index is 5.92. The van der Waals surface area contributed by atoms with Crippen LogP contribution in [0.4, 0.5) is 0 Å². The first-order valence-electron chi connectivity index (χ1n) is 3.65. The molecule has 0 amide bonds. The third-order valence-corrected chi connectivity index (χ3v) is 3.12. The maximum Gasteiger partial charge on any atom is 0.136 e. The van der Waals surface area contributed by atoms with Gasteiger partial charge in [0.15, 0.2) is 0 Å². The van der Waals surface area contributed by atoms with E-state index in [1.54, 1.807) is 6.20 Å². The number of hydrogen-bond donors (Lipinski definition) is 0. The van der Waals surface area contributed by atoms with E-state index in [1.807, 2.05) is 24.3 Å². The minimum absolute atomic E-state index is 0.519. The second kappa shape index (κ2) is 3.74. The number of rotatable bonds is 1. The van der Waals surface area contributed by atoms with Crippen LogP contribution in [0.2, 0.25) is 5.15 Å². The van der Waals surface area contributed by atoms with Crippen LogP contribution in [0.1, 0.15) is 0 Å². The smallest absolute Gasteiger partial charge is 0.136 e. The summed E-state index contributed by atoms with van der Waals surface area (Å²) in [5.74, 6) is 0. The molecule has 66 valence electrons. The highest BCUT2D eigenvalue weighted by Crippen LogP contribution is 2.32. The number of benzene rings is 1. The van der Waals surface area contributed by atoms with E-state index in [4.69, 9.17) is 22.3 Å². The van der Waals surface area contributed by atoms with Crippen LogP contribution in [0.15, 0.2) is 35.4 Å². The van der Waals surface area contributed by atoms with Crippen LogP contribution in [0.25, 0.3) is 10.8 Å². The van der Waals surface area contributed by atoms with E-state index in [-0.39, 0.29) is 0 Å². The minimum atomic E-state index is 0.519. The Bertz CT molecular complexity index is 445. The van der Waals surface area contributed by atoms with Crippen LogP contribution >= 0.6 is 33.3 Å². The normalized spacial score (nSPS) is 10.6. The van der Waals surface area contributed by atoms with Gasteiger partial charge in [-0.25, -0.2) is 4.98 Å². The van der Waals surface area contributed by atoms with Gasteiger partial charge in [-0.2, -0.15) is 0 Å². The quantitative estimate of drug-likeness (QED) is 0.683. The average molecular weight is 230 g/mol. The SMILES string of the molecule is ClSc1cccc2c(Cl)nccc12. The van der Waals surface area contributed by atoms with Gasteiger partial charge in [-0.05, 0) is 33.8 Å². The van der Waals surface area contributed by atoms with Gasteiger partial charge >= 0.3 is 0 Å². The summed E-state index contributed by atoms with van der Waals surface area (Å²) in [6.07, 6.45) is 1.68. The summed E-state index contributed by atoms with van der Waals surface area (Å²) in [5.41, 5.74) is 0. The van der Waals surface area contributed by atoms with Gasteiger partial charge in [-0.3, -0.25) is 0 Å². The summed E-state index contributed by atoms with van der Waals surface area (Å²) in [7, 11) is 6.90.